The molecule has 0 aliphatic heterocycles. The van der Waals surface area contributed by atoms with Crippen LogP contribution < -0.4 is 0 Å². The predicted molar refractivity (Wildman–Crippen MR) is 64.8 cm³/mol. The van der Waals surface area contributed by atoms with Gasteiger partial charge in [-0.25, -0.2) is 0 Å². The van der Waals surface area contributed by atoms with Gasteiger partial charge >= 0.3 is 0 Å². The molecule has 0 aromatic heterocycles. The molecule has 0 radical (unpaired) electrons. The van der Waals surface area contributed by atoms with Gasteiger partial charge in [-0.3, -0.25) is 0 Å². The number of rotatable bonds is 9. The topological polar surface area (TPSA) is 18.5 Å². The minimum atomic E-state index is -0.147. The molecule has 0 saturated carbocycles. The van der Waals surface area contributed by atoms with Gasteiger partial charge in [0.05, 0.1) is 12.2 Å². The van der Waals surface area contributed by atoms with E-state index in [1.165, 1.54) is 0 Å². The summed E-state index contributed by atoms with van der Waals surface area (Å²) in [7, 11) is 0. The molecule has 0 aromatic carbocycles. The van der Waals surface area contributed by atoms with E-state index < -0.39 is 0 Å². The third-order valence-corrected chi connectivity index (χ3v) is 2.19. The van der Waals surface area contributed by atoms with Gasteiger partial charge in [-0.2, -0.15) is 0 Å². The number of hydrogen-bond donors (Lipinski definition) is 0. The van der Waals surface area contributed by atoms with Crippen molar-refractivity contribution in [2.45, 2.75) is 58.5 Å². The molecular formula is C13H24O2. The van der Waals surface area contributed by atoms with Crippen LogP contribution in [-0.2, 0) is 9.47 Å². The molecule has 2 heteroatoms. The first kappa shape index (κ1) is 14.4. The lowest BCUT2D eigenvalue weighted by Gasteiger charge is -2.23. The van der Waals surface area contributed by atoms with Gasteiger partial charge in [-0.15, -0.1) is 13.2 Å². The van der Waals surface area contributed by atoms with Crippen LogP contribution in [0.4, 0.5) is 0 Å². The molecule has 0 N–H and O–H groups in total. The van der Waals surface area contributed by atoms with E-state index in [4.69, 9.17) is 9.47 Å². The fraction of sp³-hybridized carbons (Fsp3) is 0.692. The third kappa shape index (κ3) is 7.34. The summed E-state index contributed by atoms with van der Waals surface area (Å²) in [5.74, 6) is 0. The van der Waals surface area contributed by atoms with Crippen LogP contribution in [0.1, 0.15) is 40.0 Å². The largest absolute Gasteiger partial charge is 0.346 e. The van der Waals surface area contributed by atoms with Gasteiger partial charge in [-0.1, -0.05) is 25.5 Å². The molecule has 0 saturated heterocycles. The summed E-state index contributed by atoms with van der Waals surface area (Å²) in [6, 6.07) is 0. The Balaban J connectivity index is 4.04. The molecule has 88 valence electrons. The zero-order valence-electron chi connectivity index (χ0n) is 10.2. The van der Waals surface area contributed by atoms with Crippen LogP contribution >= 0.6 is 0 Å². The van der Waals surface area contributed by atoms with E-state index in [0.29, 0.717) is 0 Å². The highest BCUT2D eigenvalue weighted by molar-refractivity contribution is 4.78. The summed E-state index contributed by atoms with van der Waals surface area (Å²) in [6.45, 7) is 13.5. The fourth-order valence-electron chi connectivity index (χ4n) is 1.13. The van der Waals surface area contributed by atoms with Crippen LogP contribution in [0.25, 0.3) is 0 Å². The van der Waals surface area contributed by atoms with Crippen molar-refractivity contribution in [1.29, 1.82) is 0 Å². The summed E-state index contributed by atoms with van der Waals surface area (Å²) in [6.07, 6.45) is 6.65. The van der Waals surface area contributed by atoms with Crippen LogP contribution in [0.15, 0.2) is 25.3 Å². The highest BCUT2D eigenvalue weighted by Gasteiger charge is 2.13. The minimum Gasteiger partial charge on any atom is -0.346 e. The minimum absolute atomic E-state index is 0.0314. The van der Waals surface area contributed by atoms with Crippen molar-refractivity contribution in [1.82, 2.24) is 0 Å². The maximum atomic E-state index is 5.69. The summed E-state index contributed by atoms with van der Waals surface area (Å²) >= 11 is 0. The van der Waals surface area contributed by atoms with E-state index in [1.54, 1.807) is 12.2 Å². The van der Waals surface area contributed by atoms with E-state index in [-0.39, 0.29) is 18.5 Å². The summed E-state index contributed by atoms with van der Waals surface area (Å²) in [5.41, 5.74) is 0. The van der Waals surface area contributed by atoms with Crippen molar-refractivity contribution in [3.8, 4) is 0 Å². The quantitative estimate of drug-likeness (QED) is 0.429. The average Bonchev–Trinajstić information content (AvgIpc) is 2.25. The molecule has 0 aromatic rings. The van der Waals surface area contributed by atoms with Crippen molar-refractivity contribution in [2.24, 2.45) is 0 Å². The van der Waals surface area contributed by atoms with Gasteiger partial charge in [0.1, 0.15) is 0 Å². The Hall–Kier alpha value is -0.600. The van der Waals surface area contributed by atoms with Crippen molar-refractivity contribution in [3.63, 3.8) is 0 Å². The van der Waals surface area contributed by atoms with Gasteiger partial charge < -0.3 is 9.47 Å². The lowest BCUT2D eigenvalue weighted by Crippen LogP contribution is -2.25. The second-order valence-corrected chi connectivity index (χ2v) is 3.73. The van der Waals surface area contributed by atoms with Gasteiger partial charge in [0.15, 0.2) is 6.29 Å². The molecule has 0 rings (SSSR count). The van der Waals surface area contributed by atoms with Crippen LogP contribution in [0, 0.1) is 0 Å². The van der Waals surface area contributed by atoms with Crippen molar-refractivity contribution in [3.05, 3.63) is 25.3 Å². The van der Waals surface area contributed by atoms with Crippen LogP contribution in [0.5, 0.6) is 0 Å². The number of unbranched alkanes of at least 4 members (excludes halogenated alkanes) is 1. The third-order valence-electron chi connectivity index (χ3n) is 2.19. The van der Waals surface area contributed by atoms with Gasteiger partial charge in [0.2, 0.25) is 0 Å². The second-order valence-electron chi connectivity index (χ2n) is 3.73. The van der Waals surface area contributed by atoms with Crippen molar-refractivity contribution >= 4 is 0 Å². The fourth-order valence-corrected chi connectivity index (χ4v) is 1.13. The van der Waals surface area contributed by atoms with E-state index in [1.807, 2.05) is 13.8 Å². The number of ether oxygens (including phenoxy) is 2. The molecule has 0 amide bonds. The first-order valence-electron chi connectivity index (χ1n) is 5.70. The normalized spacial score (nSPS) is 16.7. The smallest absolute Gasteiger partial charge is 0.159 e. The lowest BCUT2D eigenvalue weighted by molar-refractivity contribution is -0.172. The zero-order chi connectivity index (χ0) is 11.7. The molecule has 0 heterocycles. The van der Waals surface area contributed by atoms with Crippen LogP contribution in [-0.4, -0.2) is 18.5 Å². The molecule has 2 atom stereocenters. The lowest BCUT2D eigenvalue weighted by atomic mass is 10.2. The SMILES string of the molecule is C=CC(C)OC(CCCC)OC(C)C=C. The Kier molecular flexibility index (Phi) is 8.34. The molecule has 15 heavy (non-hydrogen) atoms. The van der Waals surface area contributed by atoms with Gasteiger partial charge in [-0.05, 0) is 26.7 Å². The van der Waals surface area contributed by atoms with E-state index in [9.17, 15) is 0 Å². The highest BCUT2D eigenvalue weighted by atomic mass is 16.7. The zero-order valence-corrected chi connectivity index (χ0v) is 10.2. The number of hydrogen-bond acceptors (Lipinski definition) is 2. The predicted octanol–water partition coefficient (Wildman–Crippen LogP) is 3.68. The van der Waals surface area contributed by atoms with E-state index >= 15 is 0 Å². The van der Waals surface area contributed by atoms with Crippen LogP contribution in [0.3, 0.4) is 0 Å². The first-order valence-corrected chi connectivity index (χ1v) is 5.70. The highest BCUT2D eigenvalue weighted by Crippen LogP contribution is 2.12. The second kappa shape index (κ2) is 8.69. The van der Waals surface area contributed by atoms with Gasteiger partial charge in [0, 0.05) is 0 Å². The van der Waals surface area contributed by atoms with Crippen molar-refractivity contribution in [2.75, 3.05) is 0 Å². The summed E-state index contributed by atoms with van der Waals surface area (Å²) in [5, 5.41) is 0. The monoisotopic (exact) mass is 212 g/mol. The standard InChI is InChI=1S/C13H24O2/c1-6-9-10-13(14-11(4)7-2)15-12(5)8-3/h7-8,11-13H,2-3,6,9-10H2,1,4-5H3. The average molecular weight is 212 g/mol. The van der Waals surface area contributed by atoms with Crippen molar-refractivity contribution < 1.29 is 9.47 Å². The van der Waals surface area contributed by atoms with Gasteiger partial charge in [0.25, 0.3) is 0 Å². The summed E-state index contributed by atoms with van der Waals surface area (Å²) in [4.78, 5) is 0. The summed E-state index contributed by atoms with van der Waals surface area (Å²) < 4.78 is 11.4. The van der Waals surface area contributed by atoms with E-state index in [0.717, 1.165) is 19.3 Å². The Morgan fingerprint density at radius 1 is 1.07 bits per heavy atom. The Bertz CT molecular complexity index is 161. The Labute approximate surface area is 94.0 Å². The Morgan fingerprint density at radius 3 is 1.87 bits per heavy atom. The maximum Gasteiger partial charge on any atom is 0.159 e. The molecule has 2 unspecified atom stereocenters. The molecule has 2 nitrogen and oxygen atoms in total. The van der Waals surface area contributed by atoms with Crippen LogP contribution in [0.2, 0.25) is 0 Å². The molecular weight excluding hydrogens is 188 g/mol. The van der Waals surface area contributed by atoms with E-state index in [2.05, 4.69) is 20.1 Å². The molecule has 0 aliphatic carbocycles. The Morgan fingerprint density at radius 2 is 1.53 bits per heavy atom. The molecule has 0 fully saturated rings. The first-order chi connectivity index (χ1) is 7.13. The molecule has 0 spiro atoms. The molecule has 0 aliphatic rings. The molecule has 0 bridgehead atoms. The maximum absolute atomic E-state index is 5.69.